The molecular weight excluding hydrogens is 162 g/mol. The van der Waals surface area contributed by atoms with Gasteiger partial charge < -0.3 is 10.1 Å². The second kappa shape index (κ2) is 4.87. The molecule has 2 nitrogen and oxygen atoms in total. The van der Waals surface area contributed by atoms with E-state index in [2.05, 4.69) is 24.4 Å². The summed E-state index contributed by atoms with van der Waals surface area (Å²) >= 11 is 0. The number of benzene rings is 1. The Bertz CT molecular complexity index is 243. The predicted octanol–water partition coefficient (Wildman–Crippen LogP) is 1.85. The highest BCUT2D eigenvalue weighted by molar-refractivity contribution is 5.27. The number of hydrogen-bond donors (Lipinski definition) is 1. The minimum absolute atomic E-state index is 0.522. The monoisotopic (exact) mass is 179 g/mol. The van der Waals surface area contributed by atoms with E-state index in [0.717, 1.165) is 12.2 Å². The van der Waals surface area contributed by atoms with Crippen molar-refractivity contribution in [1.82, 2.24) is 5.32 Å². The molecule has 1 aromatic carbocycles. The fraction of sp³-hybridized carbons (Fsp3) is 0.455. The molecule has 0 bridgehead atoms. The lowest BCUT2D eigenvalue weighted by molar-refractivity contribution is 0.414. The molecule has 0 aliphatic rings. The first kappa shape index (κ1) is 10.1. The van der Waals surface area contributed by atoms with E-state index >= 15 is 0 Å². The summed E-state index contributed by atoms with van der Waals surface area (Å²) in [5, 5.41) is 3.21. The van der Waals surface area contributed by atoms with Crippen LogP contribution in [0.2, 0.25) is 0 Å². The summed E-state index contributed by atoms with van der Waals surface area (Å²) in [6.07, 6.45) is 1.06. The molecule has 13 heavy (non-hydrogen) atoms. The molecule has 72 valence electrons. The first-order valence-corrected chi connectivity index (χ1v) is 4.56. The van der Waals surface area contributed by atoms with Gasteiger partial charge in [0.25, 0.3) is 0 Å². The largest absolute Gasteiger partial charge is 0.497 e. The maximum absolute atomic E-state index is 5.08. The molecule has 0 aliphatic heterocycles. The summed E-state index contributed by atoms with van der Waals surface area (Å²) in [4.78, 5) is 0. The van der Waals surface area contributed by atoms with Crippen LogP contribution in [0.25, 0.3) is 0 Å². The summed E-state index contributed by atoms with van der Waals surface area (Å²) in [7, 11) is 3.67. The van der Waals surface area contributed by atoms with Crippen LogP contribution in [0.15, 0.2) is 24.3 Å². The molecule has 1 unspecified atom stereocenters. The number of methoxy groups -OCH3 is 1. The second-order valence-corrected chi connectivity index (χ2v) is 3.24. The van der Waals surface area contributed by atoms with Crippen LogP contribution in [0, 0.1) is 0 Å². The van der Waals surface area contributed by atoms with Crippen molar-refractivity contribution in [2.45, 2.75) is 19.4 Å². The van der Waals surface area contributed by atoms with Gasteiger partial charge in [0.15, 0.2) is 0 Å². The van der Waals surface area contributed by atoms with Gasteiger partial charge in [0.1, 0.15) is 5.75 Å². The van der Waals surface area contributed by atoms with E-state index in [0.29, 0.717) is 6.04 Å². The van der Waals surface area contributed by atoms with Crippen molar-refractivity contribution in [3.8, 4) is 5.75 Å². The molecule has 0 spiro atoms. The van der Waals surface area contributed by atoms with Gasteiger partial charge in [0.05, 0.1) is 7.11 Å². The molecule has 0 heterocycles. The van der Waals surface area contributed by atoms with Crippen LogP contribution in [-0.2, 0) is 6.42 Å². The van der Waals surface area contributed by atoms with E-state index in [1.54, 1.807) is 7.11 Å². The molecular formula is C11H17NO. The topological polar surface area (TPSA) is 21.3 Å². The summed E-state index contributed by atoms with van der Waals surface area (Å²) in [6, 6.07) is 8.72. The van der Waals surface area contributed by atoms with Crippen molar-refractivity contribution in [2.24, 2.45) is 0 Å². The Morgan fingerprint density at radius 2 is 1.92 bits per heavy atom. The lowest BCUT2D eigenvalue weighted by Gasteiger charge is -2.09. The zero-order valence-corrected chi connectivity index (χ0v) is 8.50. The van der Waals surface area contributed by atoms with Crippen LogP contribution < -0.4 is 10.1 Å². The van der Waals surface area contributed by atoms with E-state index < -0.39 is 0 Å². The highest BCUT2D eigenvalue weighted by atomic mass is 16.5. The van der Waals surface area contributed by atoms with Crippen molar-refractivity contribution in [3.05, 3.63) is 29.8 Å². The van der Waals surface area contributed by atoms with Crippen molar-refractivity contribution in [1.29, 1.82) is 0 Å². The van der Waals surface area contributed by atoms with Gasteiger partial charge in [-0.15, -0.1) is 0 Å². The van der Waals surface area contributed by atoms with E-state index in [4.69, 9.17) is 4.74 Å². The standard InChI is InChI=1S/C11H17NO/c1-9(12-2)8-10-4-6-11(13-3)7-5-10/h4-7,9,12H,8H2,1-3H3. The lowest BCUT2D eigenvalue weighted by atomic mass is 10.1. The van der Waals surface area contributed by atoms with Gasteiger partial charge in [0.2, 0.25) is 0 Å². The van der Waals surface area contributed by atoms with Crippen LogP contribution in [0.3, 0.4) is 0 Å². The first-order valence-electron chi connectivity index (χ1n) is 4.56. The Labute approximate surface area is 79.9 Å². The molecule has 1 aromatic rings. The number of likely N-dealkylation sites (N-methyl/N-ethyl adjacent to an activating group) is 1. The molecule has 0 aliphatic carbocycles. The van der Waals surface area contributed by atoms with Crippen LogP contribution in [0.4, 0.5) is 0 Å². The van der Waals surface area contributed by atoms with Gasteiger partial charge in [-0.3, -0.25) is 0 Å². The highest BCUT2D eigenvalue weighted by Gasteiger charge is 1.99. The third-order valence-electron chi connectivity index (χ3n) is 2.19. The van der Waals surface area contributed by atoms with Crippen molar-refractivity contribution in [3.63, 3.8) is 0 Å². The molecule has 0 saturated heterocycles. The van der Waals surface area contributed by atoms with E-state index in [1.165, 1.54) is 5.56 Å². The molecule has 1 atom stereocenters. The van der Waals surface area contributed by atoms with Crippen LogP contribution in [0.5, 0.6) is 5.75 Å². The fourth-order valence-corrected chi connectivity index (χ4v) is 1.22. The molecule has 0 saturated carbocycles. The first-order chi connectivity index (χ1) is 6.26. The van der Waals surface area contributed by atoms with Gasteiger partial charge >= 0.3 is 0 Å². The van der Waals surface area contributed by atoms with E-state index in [-0.39, 0.29) is 0 Å². The lowest BCUT2D eigenvalue weighted by Crippen LogP contribution is -2.23. The van der Waals surface area contributed by atoms with Gasteiger partial charge in [-0.25, -0.2) is 0 Å². The Kier molecular flexibility index (Phi) is 3.77. The smallest absolute Gasteiger partial charge is 0.118 e. The number of hydrogen-bond acceptors (Lipinski definition) is 2. The van der Waals surface area contributed by atoms with Gasteiger partial charge in [0, 0.05) is 6.04 Å². The zero-order valence-electron chi connectivity index (χ0n) is 8.50. The summed E-state index contributed by atoms with van der Waals surface area (Å²) in [5.41, 5.74) is 1.34. The minimum atomic E-state index is 0.522. The second-order valence-electron chi connectivity index (χ2n) is 3.24. The Morgan fingerprint density at radius 3 is 2.38 bits per heavy atom. The summed E-state index contributed by atoms with van der Waals surface area (Å²) in [5.74, 6) is 0.917. The molecule has 1 rings (SSSR count). The molecule has 1 N–H and O–H groups in total. The average Bonchev–Trinajstić information content (AvgIpc) is 2.19. The van der Waals surface area contributed by atoms with E-state index in [9.17, 15) is 0 Å². The minimum Gasteiger partial charge on any atom is -0.497 e. The zero-order chi connectivity index (χ0) is 9.68. The summed E-state index contributed by atoms with van der Waals surface area (Å²) < 4.78 is 5.08. The Morgan fingerprint density at radius 1 is 1.31 bits per heavy atom. The summed E-state index contributed by atoms with van der Waals surface area (Å²) in [6.45, 7) is 2.17. The number of rotatable bonds is 4. The van der Waals surface area contributed by atoms with Crippen molar-refractivity contribution < 1.29 is 4.74 Å². The third kappa shape index (κ3) is 3.07. The van der Waals surface area contributed by atoms with Crippen molar-refractivity contribution >= 4 is 0 Å². The van der Waals surface area contributed by atoms with Crippen LogP contribution in [-0.4, -0.2) is 20.2 Å². The molecule has 0 radical (unpaired) electrons. The van der Waals surface area contributed by atoms with Gasteiger partial charge in [-0.1, -0.05) is 12.1 Å². The maximum Gasteiger partial charge on any atom is 0.118 e. The Hall–Kier alpha value is -1.02. The van der Waals surface area contributed by atoms with E-state index in [1.807, 2.05) is 19.2 Å². The Balaban J connectivity index is 2.58. The predicted molar refractivity (Wildman–Crippen MR) is 55.2 cm³/mol. The number of nitrogens with one attached hydrogen (secondary N) is 1. The molecule has 0 fully saturated rings. The van der Waals surface area contributed by atoms with Crippen LogP contribution in [0.1, 0.15) is 12.5 Å². The SMILES string of the molecule is CNC(C)Cc1ccc(OC)cc1. The third-order valence-corrected chi connectivity index (χ3v) is 2.19. The quantitative estimate of drug-likeness (QED) is 0.761. The fourth-order valence-electron chi connectivity index (χ4n) is 1.22. The van der Waals surface area contributed by atoms with Crippen molar-refractivity contribution in [2.75, 3.05) is 14.2 Å². The molecule has 2 heteroatoms. The van der Waals surface area contributed by atoms with Gasteiger partial charge in [-0.05, 0) is 38.1 Å². The highest BCUT2D eigenvalue weighted by Crippen LogP contribution is 2.12. The normalized spacial score (nSPS) is 12.5. The van der Waals surface area contributed by atoms with Crippen LogP contribution >= 0.6 is 0 Å². The molecule has 0 amide bonds. The maximum atomic E-state index is 5.08. The van der Waals surface area contributed by atoms with Gasteiger partial charge in [-0.2, -0.15) is 0 Å². The molecule has 0 aromatic heterocycles. The number of ether oxygens (including phenoxy) is 1. The average molecular weight is 179 g/mol.